The summed E-state index contributed by atoms with van der Waals surface area (Å²) in [6.07, 6.45) is 1.77. The molecule has 1 heterocycles. The maximum absolute atomic E-state index is 11.1. The molecule has 2 atom stereocenters. The largest absolute Gasteiger partial charge is 0.479 e. The molecule has 0 bridgehead atoms. The van der Waals surface area contributed by atoms with Crippen LogP contribution >= 0.6 is 0 Å². The van der Waals surface area contributed by atoms with Crippen molar-refractivity contribution in [3.05, 3.63) is 0 Å². The summed E-state index contributed by atoms with van der Waals surface area (Å²) in [5, 5.41) is 9.15. The Morgan fingerprint density at radius 3 is 2.86 bits per heavy atom. The molecule has 14 heavy (non-hydrogen) atoms. The van der Waals surface area contributed by atoms with Crippen molar-refractivity contribution in [3.8, 4) is 0 Å². The molecule has 1 aliphatic heterocycles. The van der Waals surface area contributed by atoms with E-state index in [1.54, 1.807) is 0 Å². The van der Waals surface area contributed by atoms with Gasteiger partial charge >= 0.3 is 5.97 Å². The number of carboxylic acids is 1. The van der Waals surface area contributed by atoms with E-state index in [2.05, 4.69) is 0 Å². The van der Waals surface area contributed by atoms with Crippen molar-refractivity contribution >= 4 is 5.97 Å². The Bertz CT molecular complexity index is 200. The molecule has 0 aromatic heterocycles. The van der Waals surface area contributed by atoms with Crippen LogP contribution < -0.4 is 0 Å². The van der Waals surface area contributed by atoms with Gasteiger partial charge in [0.15, 0.2) is 5.60 Å². The molecule has 0 saturated carbocycles. The molecule has 0 aromatic carbocycles. The van der Waals surface area contributed by atoms with Gasteiger partial charge in [-0.3, -0.25) is 0 Å². The lowest BCUT2D eigenvalue weighted by Gasteiger charge is -2.36. The highest BCUT2D eigenvalue weighted by Crippen LogP contribution is 2.30. The van der Waals surface area contributed by atoms with E-state index in [1.807, 2.05) is 13.8 Å². The third-order valence-electron chi connectivity index (χ3n) is 2.68. The molecule has 1 N–H and O–H groups in total. The maximum Gasteiger partial charge on any atom is 0.336 e. The first-order valence-electron chi connectivity index (χ1n) is 5.13. The SMILES string of the molecule is CCOC1(C(=O)O)CCOC(CC)C1. The van der Waals surface area contributed by atoms with E-state index in [0.717, 1.165) is 6.42 Å². The summed E-state index contributed by atoms with van der Waals surface area (Å²) in [5.41, 5.74) is -1.01. The normalized spacial score (nSPS) is 32.9. The standard InChI is InChI=1S/C10H18O4/c1-3-8-7-10(9(11)12,14-4-2)5-6-13-8/h8H,3-7H2,1-2H3,(H,11,12). The summed E-state index contributed by atoms with van der Waals surface area (Å²) in [5.74, 6) is -0.860. The Labute approximate surface area is 84.2 Å². The number of ether oxygens (including phenoxy) is 2. The molecule has 0 amide bonds. The Kier molecular flexibility index (Phi) is 3.89. The van der Waals surface area contributed by atoms with Gasteiger partial charge in [0.1, 0.15) is 0 Å². The molecule has 1 fully saturated rings. The van der Waals surface area contributed by atoms with Crippen LogP contribution in [-0.4, -0.2) is 36.0 Å². The third-order valence-corrected chi connectivity index (χ3v) is 2.68. The Morgan fingerprint density at radius 1 is 1.64 bits per heavy atom. The number of carbonyl (C=O) groups is 1. The average molecular weight is 202 g/mol. The average Bonchev–Trinajstić information content (AvgIpc) is 2.18. The third kappa shape index (κ3) is 2.25. The van der Waals surface area contributed by atoms with Gasteiger partial charge in [0.25, 0.3) is 0 Å². The van der Waals surface area contributed by atoms with Gasteiger partial charge in [-0.2, -0.15) is 0 Å². The highest BCUT2D eigenvalue weighted by molar-refractivity contribution is 5.77. The fourth-order valence-electron chi connectivity index (χ4n) is 1.84. The summed E-state index contributed by atoms with van der Waals surface area (Å²) in [6, 6.07) is 0. The molecule has 4 nitrogen and oxygen atoms in total. The molecule has 2 unspecified atom stereocenters. The molecule has 0 spiro atoms. The summed E-state index contributed by atoms with van der Waals surface area (Å²) in [4.78, 5) is 11.1. The summed E-state index contributed by atoms with van der Waals surface area (Å²) >= 11 is 0. The second-order valence-electron chi connectivity index (χ2n) is 3.59. The minimum absolute atomic E-state index is 0.0198. The minimum Gasteiger partial charge on any atom is -0.479 e. The molecular formula is C10H18O4. The van der Waals surface area contributed by atoms with Gasteiger partial charge in [-0.25, -0.2) is 4.79 Å². The van der Waals surface area contributed by atoms with E-state index >= 15 is 0 Å². The second kappa shape index (κ2) is 4.75. The lowest BCUT2D eigenvalue weighted by molar-refractivity contribution is -0.185. The van der Waals surface area contributed by atoms with Crippen LogP contribution in [0.5, 0.6) is 0 Å². The number of rotatable bonds is 4. The van der Waals surface area contributed by atoms with Gasteiger partial charge in [0.05, 0.1) is 12.7 Å². The van der Waals surface area contributed by atoms with Gasteiger partial charge in [0.2, 0.25) is 0 Å². The van der Waals surface area contributed by atoms with Crippen molar-refractivity contribution < 1.29 is 19.4 Å². The fourth-order valence-corrected chi connectivity index (χ4v) is 1.84. The van der Waals surface area contributed by atoms with Gasteiger partial charge in [-0.05, 0) is 13.3 Å². The second-order valence-corrected chi connectivity index (χ2v) is 3.59. The molecule has 1 aliphatic rings. The van der Waals surface area contributed by atoms with E-state index in [4.69, 9.17) is 14.6 Å². The zero-order valence-corrected chi connectivity index (χ0v) is 8.78. The smallest absolute Gasteiger partial charge is 0.336 e. The summed E-state index contributed by atoms with van der Waals surface area (Å²) in [7, 11) is 0. The van der Waals surface area contributed by atoms with Crippen LogP contribution in [0.25, 0.3) is 0 Å². The van der Waals surface area contributed by atoms with E-state index in [1.165, 1.54) is 0 Å². The molecule has 82 valence electrons. The Balaban J connectivity index is 2.70. The first-order chi connectivity index (χ1) is 6.64. The topological polar surface area (TPSA) is 55.8 Å². The van der Waals surface area contributed by atoms with Gasteiger partial charge < -0.3 is 14.6 Å². The summed E-state index contributed by atoms with van der Waals surface area (Å²) in [6.45, 7) is 4.73. The molecule has 0 radical (unpaired) electrons. The van der Waals surface area contributed by atoms with E-state index in [9.17, 15) is 4.79 Å². The van der Waals surface area contributed by atoms with Gasteiger partial charge in [-0.15, -0.1) is 0 Å². The number of hydrogen-bond acceptors (Lipinski definition) is 3. The van der Waals surface area contributed by atoms with Gasteiger partial charge in [0, 0.05) is 19.4 Å². The number of carboxylic acid groups (broad SMARTS) is 1. The number of hydrogen-bond donors (Lipinski definition) is 1. The zero-order valence-electron chi connectivity index (χ0n) is 8.78. The van der Waals surface area contributed by atoms with E-state index < -0.39 is 11.6 Å². The molecular weight excluding hydrogens is 184 g/mol. The zero-order chi connectivity index (χ0) is 10.6. The highest BCUT2D eigenvalue weighted by Gasteiger charge is 2.44. The minimum atomic E-state index is -1.01. The quantitative estimate of drug-likeness (QED) is 0.749. The van der Waals surface area contributed by atoms with Crippen LogP contribution in [0.2, 0.25) is 0 Å². The van der Waals surface area contributed by atoms with Crippen molar-refractivity contribution in [2.24, 2.45) is 0 Å². The monoisotopic (exact) mass is 202 g/mol. The lowest BCUT2D eigenvalue weighted by atomic mass is 9.89. The maximum atomic E-state index is 11.1. The number of aliphatic carboxylic acids is 1. The Morgan fingerprint density at radius 2 is 2.36 bits per heavy atom. The van der Waals surface area contributed by atoms with Crippen molar-refractivity contribution in [2.75, 3.05) is 13.2 Å². The van der Waals surface area contributed by atoms with Crippen LogP contribution in [0, 0.1) is 0 Å². The van der Waals surface area contributed by atoms with E-state index in [0.29, 0.717) is 26.1 Å². The predicted molar refractivity (Wildman–Crippen MR) is 51.3 cm³/mol. The van der Waals surface area contributed by atoms with Gasteiger partial charge in [-0.1, -0.05) is 6.92 Å². The first kappa shape index (κ1) is 11.5. The van der Waals surface area contributed by atoms with Crippen molar-refractivity contribution in [2.45, 2.75) is 44.8 Å². The lowest BCUT2D eigenvalue weighted by Crippen LogP contribution is -2.49. The predicted octanol–water partition coefficient (Wildman–Crippen LogP) is 1.44. The van der Waals surface area contributed by atoms with Crippen LogP contribution in [-0.2, 0) is 14.3 Å². The first-order valence-corrected chi connectivity index (χ1v) is 5.13. The van der Waals surface area contributed by atoms with Crippen LogP contribution in [0.3, 0.4) is 0 Å². The van der Waals surface area contributed by atoms with Crippen LogP contribution in [0.4, 0.5) is 0 Å². The summed E-state index contributed by atoms with van der Waals surface area (Å²) < 4.78 is 10.8. The Hall–Kier alpha value is -0.610. The van der Waals surface area contributed by atoms with E-state index in [-0.39, 0.29) is 6.10 Å². The van der Waals surface area contributed by atoms with Crippen molar-refractivity contribution in [1.82, 2.24) is 0 Å². The molecule has 1 saturated heterocycles. The van der Waals surface area contributed by atoms with Crippen LogP contribution in [0.1, 0.15) is 33.1 Å². The molecule has 0 aliphatic carbocycles. The highest BCUT2D eigenvalue weighted by atomic mass is 16.5. The molecule has 4 heteroatoms. The molecule has 1 rings (SSSR count). The molecule has 0 aromatic rings. The van der Waals surface area contributed by atoms with Crippen molar-refractivity contribution in [3.63, 3.8) is 0 Å². The van der Waals surface area contributed by atoms with Crippen molar-refractivity contribution in [1.29, 1.82) is 0 Å². The fraction of sp³-hybridized carbons (Fsp3) is 0.900. The van der Waals surface area contributed by atoms with Crippen LogP contribution in [0.15, 0.2) is 0 Å².